The molecule has 0 atom stereocenters. The van der Waals surface area contributed by atoms with Crippen molar-refractivity contribution in [3.05, 3.63) is 54.3 Å². The van der Waals surface area contributed by atoms with Crippen LogP contribution in [-0.4, -0.2) is 9.67 Å². The van der Waals surface area contributed by atoms with Crippen LogP contribution in [0.3, 0.4) is 0 Å². The van der Waals surface area contributed by atoms with E-state index in [1.54, 1.807) is 18.2 Å². The SMILES string of the molecule is CCCCn1c(O)c(N=Nc2ccccc2F)c2ccccc21. The van der Waals surface area contributed by atoms with Gasteiger partial charge in [-0.25, -0.2) is 4.39 Å². The molecule has 1 heterocycles. The van der Waals surface area contributed by atoms with Gasteiger partial charge in [-0.2, -0.15) is 0 Å². The summed E-state index contributed by atoms with van der Waals surface area (Å²) in [6, 6.07) is 13.8. The summed E-state index contributed by atoms with van der Waals surface area (Å²) in [5, 5.41) is 19.4. The summed E-state index contributed by atoms with van der Waals surface area (Å²) in [5.74, 6) is -0.370. The molecule has 0 bridgehead atoms. The Kier molecular flexibility index (Phi) is 4.37. The third kappa shape index (κ3) is 2.95. The zero-order valence-corrected chi connectivity index (χ0v) is 12.9. The summed E-state index contributed by atoms with van der Waals surface area (Å²) < 4.78 is 15.5. The van der Waals surface area contributed by atoms with E-state index >= 15 is 0 Å². The van der Waals surface area contributed by atoms with Crippen LogP contribution in [0.4, 0.5) is 15.8 Å². The maximum Gasteiger partial charge on any atom is 0.220 e. The Balaban J connectivity index is 2.07. The number of halogens is 1. The molecule has 0 fully saturated rings. The van der Waals surface area contributed by atoms with Crippen molar-refractivity contribution in [2.45, 2.75) is 26.3 Å². The van der Waals surface area contributed by atoms with Gasteiger partial charge in [-0.15, -0.1) is 10.2 Å². The first-order valence-electron chi connectivity index (χ1n) is 7.69. The summed E-state index contributed by atoms with van der Waals surface area (Å²) in [6.07, 6.45) is 1.98. The van der Waals surface area contributed by atoms with E-state index < -0.39 is 5.82 Å². The fourth-order valence-corrected chi connectivity index (χ4v) is 2.55. The van der Waals surface area contributed by atoms with Crippen molar-refractivity contribution < 1.29 is 9.50 Å². The Labute approximate surface area is 133 Å². The summed E-state index contributed by atoms with van der Waals surface area (Å²) in [7, 11) is 0. The Bertz CT molecular complexity index is 855. The van der Waals surface area contributed by atoms with E-state index in [0.29, 0.717) is 12.2 Å². The Morgan fingerprint density at radius 1 is 1.04 bits per heavy atom. The van der Waals surface area contributed by atoms with Gasteiger partial charge in [0.2, 0.25) is 5.88 Å². The molecule has 2 aromatic carbocycles. The molecule has 1 N–H and O–H groups in total. The molecular weight excluding hydrogens is 293 g/mol. The van der Waals surface area contributed by atoms with Gasteiger partial charge in [-0.1, -0.05) is 43.7 Å². The van der Waals surface area contributed by atoms with E-state index in [1.165, 1.54) is 6.07 Å². The molecule has 23 heavy (non-hydrogen) atoms. The van der Waals surface area contributed by atoms with Crippen molar-refractivity contribution in [1.29, 1.82) is 0 Å². The van der Waals surface area contributed by atoms with E-state index in [1.807, 2.05) is 28.8 Å². The van der Waals surface area contributed by atoms with Gasteiger partial charge in [0.05, 0.1) is 5.52 Å². The molecule has 1 aromatic heterocycles. The van der Waals surface area contributed by atoms with Gasteiger partial charge in [0.1, 0.15) is 5.69 Å². The summed E-state index contributed by atoms with van der Waals surface area (Å²) in [4.78, 5) is 0. The van der Waals surface area contributed by atoms with Crippen LogP contribution in [-0.2, 0) is 6.54 Å². The fourth-order valence-electron chi connectivity index (χ4n) is 2.55. The number of rotatable bonds is 5. The minimum absolute atomic E-state index is 0.0692. The van der Waals surface area contributed by atoms with Crippen molar-refractivity contribution in [2.75, 3.05) is 0 Å². The second-order valence-corrected chi connectivity index (χ2v) is 5.35. The van der Waals surface area contributed by atoms with E-state index in [0.717, 1.165) is 23.7 Å². The van der Waals surface area contributed by atoms with Gasteiger partial charge in [0.25, 0.3) is 0 Å². The number of hydrogen-bond donors (Lipinski definition) is 1. The third-order valence-electron chi connectivity index (χ3n) is 3.76. The standard InChI is InChI=1S/C18H18FN3O/c1-2-3-12-22-16-11-7-4-8-13(16)17(18(22)23)21-20-15-10-6-5-9-14(15)19/h4-11,23H,2-3,12H2,1H3. The number of para-hydroxylation sites is 1. The lowest BCUT2D eigenvalue weighted by Crippen LogP contribution is -1.96. The highest BCUT2D eigenvalue weighted by Gasteiger charge is 2.16. The van der Waals surface area contributed by atoms with Crippen LogP contribution in [0, 0.1) is 5.82 Å². The van der Waals surface area contributed by atoms with Gasteiger partial charge in [0.15, 0.2) is 11.5 Å². The summed E-state index contributed by atoms with van der Waals surface area (Å²) >= 11 is 0. The van der Waals surface area contributed by atoms with Crippen LogP contribution in [0.1, 0.15) is 19.8 Å². The number of benzene rings is 2. The highest BCUT2D eigenvalue weighted by Crippen LogP contribution is 2.39. The molecule has 0 saturated heterocycles. The Morgan fingerprint density at radius 2 is 1.78 bits per heavy atom. The predicted octanol–water partition coefficient (Wildman–Crippen LogP) is 5.70. The molecule has 4 nitrogen and oxygen atoms in total. The van der Waals surface area contributed by atoms with E-state index in [2.05, 4.69) is 17.2 Å². The number of aromatic hydroxyl groups is 1. The van der Waals surface area contributed by atoms with Gasteiger partial charge in [-0.05, 0) is 24.6 Å². The highest BCUT2D eigenvalue weighted by atomic mass is 19.1. The quantitative estimate of drug-likeness (QED) is 0.603. The number of aromatic nitrogens is 1. The van der Waals surface area contributed by atoms with Crippen LogP contribution in [0.15, 0.2) is 58.8 Å². The molecule has 0 radical (unpaired) electrons. The lowest BCUT2D eigenvalue weighted by molar-refractivity contribution is 0.418. The molecule has 5 heteroatoms. The third-order valence-corrected chi connectivity index (χ3v) is 3.76. The topological polar surface area (TPSA) is 49.9 Å². The molecule has 0 saturated carbocycles. The molecule has 0 amide bonds. The molecule has 3 aromatic rings. The first-order valence-corrected chi connectivity index (χ1v) is 7.69. The molecular formula is C18H18FN3O. The molecule has 0 aliphatic heterocycles. The van der Waals surface area contributed by atoms with Gasteiger partial charge in [-0.3, -0.25) is 0 Å². The van der Waals surface area contributed by atoms with Crippen molar-refractivity contribution in [1.82, 2.24) is 4.57 Å². The number of fused-ring (bicyclic) bond motifs is 1. The van der Waals surface area contributed by atoms with Gasteiger partial charge >= 0.3 is 0 Å². The van der Waals surface area contributed by atoms with E-state index in [4.69, 9.17) is 0 Å². The van der Waals surface area contributed by atoms with Crippen LogP contribution >= 0.6 is 0 Å². The van der Waals surface area contributed by atoms with Crippen LogP contribution in [0.2, 0.25) is 0 Å². The molecule has 3 rings (SSSR count). The maximum atomic E-state index is 13.7. The highest BCUT2D eigenvalue weighted by molar-refractivity contribution is 5.95. The number of aryl methyl sites for hydroxylation is 1. The zero-order chi connectivity index (χ0) is 16.2. The maximum absolute atomic E-state index is 13.7. The van der Waals surface area contributed by atoms with Gasteiger partial charge in [0, 0.05) is 11.9 Å². The smallest absolute Gasteiger partial charge is 0.220 e. The number of hydrogen-bond acceptors (Lipinski definition) is 3. The van der Waals surface area contributed by atoms with Crippen molar-refractivity contribution in [3.8, 4) is 5.88 Å². The van der Waals surface area contributed by atoms with Crippen LogP contribution in [0.25, 0.3) is 10.9 Å². The minimum Gasteiger partial charge on any atom is -0.493 e. The van der Waals surface area contributed by atoms with Crippen molar-refractivity contribution in [2.24, 2.45) is 10.2 Å². The second kappa shape index (κ2) is 6.60. The average Bonchev–Trinajstić information content (AvgIpc) is 2.84. The molecule has 118 valence electrons. The number of nitrogens with zero attached hydrogens (tertiary/aromatic N) is 3. The first-order chi connectivity index (χ1) is 11.2. The fraction of sp³-hybridized carbons (Fsp3) is 0.222. The molecule has 0 unspecified atom stereocenters. The predicted molar refractivity (Wildman–Crippen MR) is 89.1 cm³/mol. The molecule has 0 aliphatic rings. The lowest BCUT2D eigenvalue weighted by Gasteiger charge is -2.05. The summed E-state index contributed by atoms with van der Waals surface area (Å²) in [6.45, 7) is 2.81. The lowest BCUT2D eigenvalue weighted by atomic mass is 10.2. The monoisotopic (exact) mass is 311 g/mol. The minimum atomic E-state index is -0.439. The Hall–Kier alpha value is -2.69. The number of unbranched alkanes of at least 4 members (excludes halogenated alkanes) is 1. The Morgan fingerprint density at radius 3 is 2.57 bits per heavy atom. The largest absolute Gasteiger partial charge is 0.493 e. The molecule has 0 spiro atoms. The first kappa shape index (κ1) is 15.2. The average molecular weight is 311 g/mol. The number of azo groups is 1. The van der Waals surface area contributed by atoms with Crippen LogP contribution < -0.4 is 0 Å². The molecule has 0 aliphatic carbocycles. The van der Waals surface area contributed by atoms with Crippen molar-refractivity contribution in [3.63, 3.8) is 0 Å². The van der Waals surface area contributed by atoms with E-state index in [9.17, 15) is 9.50 Å². The van der Waals surface area contributed by atoms with Crippen LogP contribution in [0.5, 0.6) is 5.88 Å². The van der Waals surface area contributed by atoms with E-state index in [-0.39, 0.29) is 11.6 Å². The second-order valence-electron chi connectivity index (χ2n) is 5.35. The van der Waals surface area contributed by atoms with Gasteiger partial charge < -0.3 is 9.67 Å². The van der Waals surface area contributed by atoms with Crippen molar-refractivity contribution >= 4 is 22.3 Å². The zero-order valence-electron chi connectivity index (χ0n) is 12.9. The normalized spacial score (nSPS) is 11.6. The summed E-state index contributed by atoms with van der Waals surface area (Å²) in [5.41, 5.74) is 1.43.